The van der Waals surface area contributed by atoms with E-state index in [0.717, 1.165) is 0 Å². The van der Waals surface area contributed by atoms with Crippen molar-refractivity contribution in [2.24, 2.45) is 0 Å². The highest BCUT2D eigenvalue weighted by atomic mass is 35.5. The predicted octanol–water partition coefficient (Wildman–Crippen LogP) is 1.60. The molecule has 0 radical (unpaired) electrons. The Bertz CT molecular complexity index is 1020. The largest absolute Gasteiger partial charge is 0.458 e. The molecule has 0 spiro atoms. The lowest BCUT2D eigenvalue weighted by molar-refractivity contribution is -0.148. The number of esters is 1. The highest BCUT2D eigenvalue weighted by molar-refractivity contribution is 7.89. The summed E-state index contributed by atoms with van der Waals surface area (Å²) in [6.07, 6.45) is 2.97. The fourth-order valence-electron chi connectivity index (χ4n) is 3.13. The van der Waals surface area contributed by atoms with Crippen molar-refractivity contribution in [2.45, 2.75) is 38.8 Å². The molecule has 1 aliphatic rings. The minimum absolute atomic E-state index is 0.00232. The van der Waals surface area contributed by atoms with E-state index < -0.39 is 22.0 Å². The Kier molecular flexibility index (Phi) is 5.83. The topological polar surface area (TPSA) is 98.0 Å². The van der Waals surface area contributed by atoms with Crippen LogP contribution in [0.2, 0.25) is 5.02 Å². The van der Waals surface area contributed by atoms with Crippen molar-refractivity contribution in [2.75, 3.05) is 12.3 Å². The average molecular weight is 414 g/mol. The van der Waals surface area contributed by atoms with Crippen LogP contribution >= 0.6 is 11.6 Å². The first-order chi connectivity index (χ1) is 12.8. The van der Waals surface area contributed by atoms with E-state index in [9.17, 15) is 18.0 Å². The van der Waals surface area contributed by atoms with Crippen molar-refractivity contribution < 1.29 is 17.9 Å². The fraction of sp³-hybridized carbons (Fsp3) is 0.471. The molecule has 0 aliphatic carbocycles. The molecule has 1 atom stereocenters. The number of carbonyl (C=O) groups excluding carboxylic acids is 1. The molecule has 1 aliphatic heterocycles. The molecule has 3 heterocycles. The number of carbonyl (C=O) groups is 1. The molecule has 0 N–H and O–H groups in total. The maximum Gasteiger partial charge on any atom is 0.324 e. The summed E-state index contributed by atoms with van der Waals surface area (Å²) in [4.78, 5) is 28.8. The van der Waals surface area contributed by atoms with Gasteiger partial charge in [0.25, 0.3) is 5.56 Å². The second kappa shape index (κ2) is 7.95. The van der Waals surface area contributed by atoms with Crippen molar-refractivity contribution in [1.82, 2.24) is 13.7 Å². The van der Waals surface area contributed by atoms with E-state index in [0.29, 0.717) is 36.5 Å². The summed E-state index contributed by atoms with van der Waals surface area (Å²) in [6, 6.07) is 3.64. The summed E-state index contributed by atoms with van der Waals surface area (Å²) in [5, 5.41) is 0.403. The summed E-state index contributed by atoms with van der Waals surface area (Å²) in [7, 11) is -3.48. The molecule has 2 aromatic rings. The molecular weight excluding hydrogens is 394 g/mol. The number of hydrogen-bond donors (Lipinski definition) is 0. The Morgan fingerprint density at radius 3 is 2.93 bits per heavy atom. The van der Waals surface area contributed by atoms with Gasteiger partial charge in [0.15, 0.2) is 0 Å². The van der Waals surface area contributed by atoms with Crippen LogP contribution in [0.1, 0.15) is 31.9 Å². The number of nitrogens with zero attached hydrogens (tertiary/aromatic N) is 3. The lowest BCUT2D eigenvalue weighted by atomic mass is 10.2. The van der Waals surface area contributed by atoms with Crippen LogP contribution in [0.3, 0.4) is 0 Å². The number of sulfonamides is 1. The van der Waals surface area contributed by atoms with Crippen molar-refractivity contribution in [1.29, 1.82) is 0 Å². The number of hydrogen-bond acceptors (Lipinski definition) is 6. The summed E-state index contributed by atoms with van der Waals surface area (Å²) in [5.41, 5.74) is 0.323. The molecule has 27 heavy (non-hydrogen) atoms. The van der Waals surface area contributed by atoms with Crippen LogP contribution in [-0.2, 0) is 26.2 Å². The molecule has 0 amide bonds. The quantitative estimate of drug-likeness (QED) is 0.667. The standard InChI is InChI=1S/C17H20ClN3O5S/c1-2-8-27(24,25)21-7-3-4-14(21)17(23)26-11-13-9-16(22)20-10-12(18)5-6-15(20)19-13/h5-6,9-10,14H,2-4,7-8,11H2,1H3. The molecular formula is C17H20ClN3O5S. The molecule has 146 valence electrons. The van der Waals surface area contributed by atoms with Gasteiger partial charge < -0.3 is 4.74 Å². The van der Waals surface area contributed by atoms with E-state index in [1.807, 2.05) is 0 Å². The van der Waals surface area contributed by atoms with Gasteiger partial charge in [-0.2, -0.15) is 4.31 Å². The van der Waals surface area contributed by atoms with Crippen LogP contribution in [0.25, 0.3) is 5.65 Å². The Labute approximate surface area is 161 Å². The molecule has 2 aromatic heterocycles. The number of aromatic nitrogens is 2. The van der Waals surface area contributed by atoms with E-state index >= 15 is 0 Å². The third-order valence-corrected chi connectivity index (χ3v) is 6.63. The van der Waals surface area contributed by atoms with Gasteiger partial charge in [0.2, 0.25) is 10.0 Å². The van der Waals surface area contributed by atoms with Crippen LogP contribution in [0.4, 0.5) is 0 Å². The SMILES string of the molecule is CCCS(=O)(=O)N1CCCC1C(=O)OCc1cc(=O)n2cc(Cl)ccc2n1. The summed E-state index contributed by atoms with van der Waals surface area (Å²) >= 11 is 5.87. The normalized spacial score (nSPS) is 18.1. The Morgan fingerprint density at radius 1 is 1.41 bits per heavy atom. The Hall–Kier alpha value is -1.97. The van der Waals surface area contributed by atoms with E-state index in [1.54, 1.807) is 19.1 Å². The molecule has 8 nitrogen and oxygen atoms in total. The van der Waals surface area contributed by atoms with E-state index in [-0.39, 0.29) is 23.6 Å². The zero-order valence-electron chi connectivity index (χ0n) is 14.8. The zero-order chi connectivity index (χ0) is 19.6. The molecule has 10 heteroatoms. The van der Waals surface area contributed by atoms with Crippen LogP contribution in [0.5, 0.6) is 0 Å². The van der Waals surface area contributed by atoms with Gasteiger partial charge in [-0.05, 0) is 31.4 Å². The molecule has 0 saturated carbocycles. The number of fused-ring (bicyclic) bond motifs is 1. The number of pyridine rings is 1. The smallest absolute Gasteiger partial charge is 0.324 e. The lowest BCUT2D eigenvalue weighted by Crippen LogP contribution is -2.42. The molecule has 0 bridgehead atoms. The second-order valence-electron chi connectivity index (χ2n) is 6.35. The minimum atomic E-state index is -3.48. The summed E-state index contributed by atoms with van der Waals surface area (Å²) in [6.45, 7) is 1.89. The number of rotatable bonds is 6. The minimum Gasteiger partial charge on any atom is -0.458 e. The highest BCUT2D eigenvalue weighted by Crippen LogP contribution is 2.23. The first-order valence-electron chi connectivity index (χ1n) is 8.66. The van der Waals surface area contributed by atoms with Gasteiger partial charge in [-0.3, -0.25) is 14.0 Å². The summed E-state index contributed by atoms with van der Waals surface area (Å²) in [5.74, 6) is -0.618. The molecule has 1 fully saturated rings. The van der Waals surface area contributed by atoms with Gasteiger partial charge >= 0.3 is 5.97 Å². The molecule has 1 unspecified atom stereocenters. The first-order valence-corrected chi connectivity index (χ1v) is 10.6. The van der Waals surface area contributed by atoms with E-state index in [2.05, 4.69) is 4.98 Å². The van der Waals surface area contributed by atoms with Gasteiger partial charge in [0.1, 0.15) is 18.3 Å². The van der Waals surface area contributed by atoms with Gasteiger partial charge in [-0.15, -0.1) is 0 Å². The highest BCUT2D eigenvalue weighted by Gasteiger charge is 2.39. The van der Waals surface area contributed by atoms with Crippen molar-refractivity contribution in [3.05, 3.63) is 45.5 Å². The van der Waals surface area contributed by atoms with E-state index in [4.69, 9.17) is 16.3 Å². The third-order valence-electron chi connectivity index (χ3n) is 4.33. The zero-order valence-corrected chi connectivity index (χ0v) is 16.4. The third kappa shape index (κ3) is 4.31. The van der Waals surface area contributed by atoms with Gasteiger partial charge in [-0.25, -0.2) is 13.4 Å². The Morgan fingerprint density at radius 2 is 2.19 bits per heavy atom. The van der Waals surface area contributed by atoms with Crippen molar-refractivity contribution in [3.63, 3.8) is 0 Å². The van der Waals surface area contributed by atoms with Crippen molar-refractivity contribution >= 4 is 33.2 Å². The second-order valence-corrected chi connectivity index (χ2v) is 8.83. The monoisotopic (exact) mass is 413 g/mol. The predicted molar refractivity (Wildman–Crippen MR) is 100 cm³/mol. The lowest BCUT2D eigenvalue weighted by Gasteiger charge is -2.22. The number of ether oxygens (including phenoxy) is 1. The fourth-order valence-corrected chi connectivity index (χ4v) is 5.02. The Balaban J connectivity index is 1.73. The maximum atomic E-state index is 12.4. The van der Waals surface area contributed by atoms with Gasteiger partial charge in [-0.1, -0.05) is 18.5 Å². The molecule has 0 aromatic carbocycles. The van der Waals surface area contributed by atoms with Crippen LogP contribution in [0, 0.1) is 0 Å². The average Bonchev–Trinajstić information content (AvgIpc) is 3.11. The van der Waals surface area contributed by atoms with Crippen LogP contribution < -0.4 is 5.56 Å². The first kappa shape index (κ1) is 19.8. The molecule has 3 rings (SSSR count). The van der Waals surface area contributed by atoms with Gasteiger partial charge in [0.05, 0.1) is 16.5 Å². The van der Waals surface area contributed by atoms with Gasteiger partial charge in [0, 0.05) is 18.8 Å². The molecule has 1 saturated heterocycles. The summed E-state index contributed by atoms with van der Waals surface area (Å²) < 4.78 is 32.4. The van der Waals surface area contributed by atoms with Crippen LogP contribution in [0.15, 0.2) is 29.2 Å². The van der Waals surface area contributed by atoms with Crippen molar-refractivity contribution in [3.8, 4) is 0 Å². The maximum absolute atomic E-state index is 12.4. The number of halogens is 1. The van der Waals surface area contributed by atoms with E-state index in [1.165, 1.54) is 21.0 Å². The van der Waals surface area contributed by atoms with Crippen LogP contribution in [-0.4, -0.2) is 46.4 Å².